The first kappa shape index (κ1) is 23.5. The number of anilines is 3. The summed E-state index contributed by atoms with van der Waals surface area (Å²) in [6.07, 6.45) is 5.14. The van der Waals surface area contributed by atoms with Crippen molar-refractivity contribution in [1.82, 2.24) is 20.1 Å². The smallest absolute Gasteiger partial charge is 0.169 e. The highest BCUT2D eigenvalue weighted by molar-refractivity contribution is 5.74. The van der Waals surface area contributed by atoms with E-state index in [-0.39, 0.29) is 11.8 Å². The van der Waals surface area contributed by atoms with Crippen LogP contribution in [0.4, 0.5) is 17.2 Å². The lowest BCUT2D eigenvalue weighted by atomic mass is 10.1. The Morgan fingerprint density at radius 2 is 1.81 bits per heavy atom. The van der Waals surface area contributed by atoms with Gasteiger partial charge in [-0.3, -0.25) is 4.90 Å². The lowest BCUT2D eigenvalue weighted by molar-refractivity contribution is 0.377. The van der Waals surface area contributed by atoms with E-state index < -0.39 is 0 Å². The molecule has 2 bridgehead atoms. The molecule has 3 aromatic rings. The number of fused-ring (bicyclic) bond motifs is 2. The topological polar surface area (TPSA) is 121 Å². The molecule has 3 saturated heterocycles. The maximum Gasteiger partial charge on any atom is 0.169 e. The summed E-state index contributed by atoms with van der Waals surface area (Å²) in [5, 5.41) is 18.8. The minimum atomic E-state index is 0.179. The number of hydrogen-bond acceptors (Lipinski definition) is 9. The second kappa shape index (κ2) is 9.88. The van der Waals surface area contributed by atoms with Crippen molar-refractivity contribution in [2.24, 2.45) is 5.73 Å². The van der Waals surface area contributed by atoms with Gasteiger partial charge in [-0.15, -0.1) is 10.2 Å². The minimum absolute atomic E-state index is 0.179. The molecule has 0 saturated carbocycles. The fraction of sp³-hybridized carbons (Fsp3) is 0.393. The van der Waals surface area contributed by atoms with Crippen LogP contribution in [0.25, 0.3) is 11.3 Å². The molecule has 5 heterocycles. The van der Waals surface area contributed by atoms with Crippen LogP contribution < -0.4 is 21.3 Å². The number of hydrogen-bond donors (Lipinski definition) is 3. The van der Waals surface area contributed by atoms with Gasteiger partial charge in [0.15, 0.2) is 5.82 Å². The third-order valence-corrected chi connectivity index (χ3v) is 7.67. The number of phenolic OH excluding ortho intramolecular Hbond substituents is 1. The molecule has 0 radical (unpaired) electrons. The van der Waals surface area contributed by atoms with Gasteiger partial charge in [0.25, 0.3) is 0 Å². The summed E-state index contributed by atoms with van der Waals surface area (Å²) < 4.78 is 0. The number of piperazine rings is 1. The number of pyridine rings is 1. The number of aromatic hydroxyl groups is 1. The van der Waals surface area contributed by atoms with Crippen LogP contribution >= 0.6 is 0 Å². The number of rotatable bonds is 4. The molecule has 9 nitrogen and oxygen atoms in total. The Morgan fingerprint density at radius 3 is 2.57 bits per heavy atom. The van der Waals surface area contributed by atoms with Gasteiger partial charge in [-0.25, -0.2) is 4.98 Å². The molecule has 3 unspecified atom stereocenters. The molecule has 3 fully saturated rings. The third kappa shape index (κ3) is 4.78. The molecule has 9 heteroatoms. The zero-order chi connectivity index (χ0) is 25.4. The average molecular weight is 497 g/mol. The van der Waals surface area contributed by atoms with Gasteiger partial charge < -0.3 is 26.4 Å². The van der Waals surface area contributed by atoms with Crippen LogP contribution in [0.15, 0.2) is 48.7 Å². The Morgan fingerprint density at radius 1 is 1.00 bits per heavy atom. The molecule has 190 valence electrons. The number of aromatic nitrogens is 3. The predicted octanol–water partition coefficient (Wildman–Crippen LogP) is 2.07. The van der Waals surface area contributed by atoms with Crippen molar-refractivity contribution in [2.75, 3.05) is 48.3 Å². The van der Waals surface area contributed by atoms with Gasteiger partial charge in [-0.1, -0.05) is 18.1 Å². The van der Waals surface area contributed by atoms with Crippen molar-refractivity contribution >= 4 is 17.2 Å². The van der Waals surface area contributed by atoms with E-state index in [1.165, 1.54) is 5.69 Å². The van der Waals surface area contributed by atoms with Crippen LogP contribution in [0.5, 0.6) is 5.75 Å². The van der Waals surface area contributed by atoms with Gasteiger partial charge in [0.1, 0.15) is 11.4 Å². The summed E-state index contributed by atoms with van der Waals surface area (Å²) in [7, 11) is 0. The second-order valence-electron chi connectivity index (χ2n) is 10.2. The zero-order valence-corrected chi connectivity index (χ0v) is 20.8. The minimum Gasteiger partial charge on any atom is -0.507 e. The van der Waals surface area contributed by atoms with Crippen LogP contribution in [0.3, 0.4) is 0 Å². The zero-order valence-electron chi connectivity index (χ0n) is 20.8. The van der Waals surface area contributed by atoms with Crippen LogP contribution in [-0.2, 0) is 0 Å². The van der Waals surface area contributed by atoms with Crippen molar-refractivity contribution < 1.29 is 5.11 Å². The third-order valence-electron chi connectivity index (χ3n) is 7.67. The number of nitrogens with two attached hydrogens (primary N) is 2. The monoisotopic (exact) mass is 496 g/mol. The highest BCUT2D eigenvalue weighted by Crippen LogP contribution is 2.38. The molecule has 0 spiro atoms. The highest BCUT2D eigenvalue weighted by Gasteiger charge is 2.40. The number of benzene rings is 1. The van der Waals surface area contributed by atoms with Gasteiger partial charge in [0.2, 0.25) is 0 Å². The van der Waals surface area contributed by atoms with E-state index in [2.05, 4.69) is 53.9 Å². The molecule has 3 aliphatic rings. The standard InChI is InChI=1S/C28H32N8O/c29-19-10-13-34(16-19)12-3-4-20-14-21(9-11-31-20)36-22-7-8-23(36)18-35(17-22)26-15-25(32-33-28(26)30)24-5-1-2-6-27(24)37/h1-2,5-6,9,11,14-15,19,22-23,37H,7-8,10,12-13,16-18,29H2,(H2,30,33). The molecule has 37 heavy (non-hydrogen) atoms. The van der Waals surface area contributed by atoms with E-state index in [4.69, 9.17) is 11.5 Å². The van der Waals surface area contributed by atoms with Crippen LogP contribution in [0, 0.1) is 11.8 Å². The fourth-order valence-corrected chi connectivity index (χ4v) is 5.88. The van der Waals surface area contributed by atoms with E-state index in [9.17, 15) is 5.11 Å². The summed E-state index contributed by atoms with van der Waals surface area (Å²) in [4.78, 5) is 11.6. The van der Waals surface area contributed by atoms with Crippen LogP contribution in [0.2, 0.25) is 0 Å². The summed E-state index contributed by atoms with van der Waals surface area (Å²) in [6.45, 7) is 4.34. The van der Waals surface area contributed by atoms with Crippen molar-refractivity contribution in [3.05, 3.63) is 54.4 Å². The van der Waals surface area contributed by atoms with Crippen LogP contribution in [-0.4, -0.2) is 76.0 Å². The molecule has 0 amide bonds. The Balaban J connectivity index is 1.19. The summed E-state index contributed by atoms with van der Waals surface area (Å²) >= 11 is 0. The van der Waals surface area contributed by atoms with Crippen LogP contribution in [0.1, 0.15) is 25.0 Å². The van der Waals surface area contributed by atoms with E-state index in [1.54, 1.807) is 12.1 Å². The van der Waals surface area contributed by atoms with Crippen molar-refractivity contribution in [3.63, 3.8) is 0 Å². The SMILES string of the molecule is Nc1nnc(-c2ccccc2O)cc1N1CC2CCC(C1)N2c1ccnc(C#CCN2CCC(N)C2)c1. The van der Waals surface area contributed by atoms with Gasteiger partial charge in [-0.05, 0) is 55.5 Å². The molecule has 0 aliphatic carbocycles. The van der Waals surface area contributed by atoms with Crippen molar-refractivity contribution in [3.8, 4) is 28.8 Å². The quantitative estimate of drug-likeness (QED) is 0.466. The Hall–Kier alpha value is -3.87. The lowest BCUT2D eigenvalue weighted by Gasteiger charge is -2.43. The predicted molar refractivity (Wildman–Crippen MR) is 145 cm³/mol. The van der Waals surface area contributed by atoms with Gasteiger partial charge in [0, 0.05) is 61.8 Å². The summed E-state index contributed by atoms with van der Waals surface area (Å²) in [5.74, 6) is 7.12. The molecule has 1 aromatic carbocycles. The summed E-state index contributed by atoms with van der Waals surface area (Å²) in [5.41, 5.74) is 16.4. The number of phenols is 1. The molecular formula is C28H32N8O. The largest absolute Gasteiger partial charge is 0.507 e. The molecule has 6 rings (SSSR count). The Bertz CT molecular complexity index is 1340. The van der Waals surface area contributed by atoms with Gasteiger partial charge in [0.05, 0.1) is 17.9 Å². The highest BCUT2D eigenvalue weighted by atomic mass is 16.3. The maximum absolute atomic E-state index is 10.3. The molecular weight excluding hydrogens is 464 g/mol. The van der Waals surface area contributed by atoms with E-state index >= 15 is 0 Å². The molecule has 2 aromatic heterocycles. The summed E-state index contributed by atoms with van der Waals surface area (Å²) in [6, 6.07) is 14.3. The van der Waals surface area contributed by atoms with E-state index in [0.717, 1.165) is 63.4 Å². The van der Waals surface area contributed by atoms with E-state index in [1.807, 2.05) is 24.4 Å². The Labute approximate surface area is 217 Å². The first-order valence-electron chi connectivity index (χ1n) is 12.9. The van der Waals surface area contributed by atoms with Gasteiger partial charge in [-0.2, -0.15) is 0 Å². The first-order chi connectivity index (χ1) is 18.0. The number of nitrogen functional groups attached to an aromatic ring is 1. The molecule has 5 N–H and O–H groups in total. The first-order valence-corrected chi connectivity index (χ1v) is 12.9. The van der Waals surface area contributed by atoms with Crippen molar-refractivity contribution in [1.29, 1.82) is 0 Å². The lowest BCUT2D eigenvalue weighted by Crippen LogP contribution is -2.54. The van der Waals surface area contributed by atoms with Gasteiger partial charge >= 0.3 is 0 Å². The second-order valence-corrected chi connectivity index (χ2v) is 10.2. The fourth-order valence-electron chi connectivity index (χ4n) is 5.88. The number of para-hydroxylation sites is 1. The molecule has 3 atom stereocenters. The molecule has 3 aliphatic heterocycles. The number of likely N-dealkylation sites (tertiary alicyclic amines) is 1. The van der Waals surface area contributed by atoms with Crippen molar-refractivity contribution in [2.45, 2.75) is 37.4 Å². The maximum atomic E-state index is 10.3. The average Bonchev–Trinajstić information content (AvgIpc) is 3.44. The Kier molecular flexibility index (Phi) is 6.28. The van der Waals surface area contributed by atoms with E-state index in [0.29, 0.717) is 29.2 Å². The number of nitrogens with zero attached hydrogens (tertiary/aromatic N) is 6. The normalized spacial score (nSPS) is 23.2.